The van der Waals surface area contributed by atoms with Crippen molar-refractivity contribution in [1.29, 1.82) is 0 Å². The standard InChI is InChI=1S/C10H14N4O7S2/c1-10(2)6(8(17)14(10)21-23(18,19)20)13-7(16)5(15)4-3-22-9(11)12-4/h3,6,8,17H,1-2H3,(H2,11,12)(H,13,16)(H,18,19,20)/t6-,8?/m1/s1. The van der Waals surface area contributed by atoms with Gasteiger partial charge in [-0.3, -0.25) is 14.1 Å². The number of rotatable bonds is 5. The number of aliphatic hydroxyl groups excluding tert-OH is 1. The lowest BCUT2D eigenvalue weighted by Gasteiger charge is -2.55. The van der Waals surface area contributed by atoms with E-state index in [1.807, 2.05) is 0 Å². The Labute approximate surface area is 135 Å². The van der Waals surface area contributed by atoms with Crippen LogP contribution in [0.15, 0.2) is 5.38 Å². The molecule has 0 bridgehead atoms. The van der Waals surface area contributed by atoms with Gasteiger partial charge >= 0.3 is 10.4 Å². The minimum Gasteiger partial charge on any atom is -0.375 e. The van der Waals surface area contributed by atoms with Crippen molar-refractivity contribution in [3.05, 3.63) is 11.1 Å². The summed E-state index contributed by atoms with van der Waals surface area (Å²) in [6.07, 6.45) is -1.58. The van der Waals surface area contributed by atoms with Gasteiger partial charge in [-0.15, -0.1) is 16.4 Å². The Morgan fingerprint density at radius 1 is 1.52 bits per heavy atom. The maximum Gasteiger partial charge on any atom is 0.413 e. The number of nitrogen functional groups attached to an aromatic ring is 1. The summed E-state index contributed by atoms with van der Waals surface area (Å²) in [5.74, 6) is -1.99. The molecule has 2 rings (SSSR count). The highest BCUT2D eigenvalue weighted by atomic mass is 32.3. The van der Waals surface area contributed by atoms with E-state index in [2.05, 4.69) is 14.6 Å². The molecule has 0 aromatic carbocycles. The first-order valence-corrected chi connectivity index (χ1v) is 8.38. The van der Waals surface area contributed by atoms with Gasteiger partial charge in [-0.05, 0) is 13.8 Å². The molecular formula is C10H14N4O7S2. The zero-order valence-corrected chi connectivity index (χ0v) is 13.6. The van der Waals surface area contributed by atoms with E-state index < -0.39 is 39.9 Å². The molecule has 1 aliphatic rings. The maximum absolute atomic E-state index is 11.9. The van der Waals surface area contributed by atoms with Gasteiger partial charge in [0, 0.05) is 5.38 Å². The molecule has 1 unspecified atom stereocenters. The van der Waals surface area contributed by atoms with Crippen molar-refractivity contribution in [2.45, 2.75) is 31.7 Å². The summed E-state index contributed by atoms with van der Waals surface area (Å²) in [6.45, 7) is 2.86. The quantitative estimate of drug-likeness (QED) is 0.274. The third kappa shape index (κ3) is 3.49. The lowest BCUT2D eigenvalue weighted by molar-refractivity contribution is -0.317. The van der Waals surface area contributed by atoms with Crippen LogP contribution < -0.4 is 11.1 Å². The van der Waals surface area contributed by atoms with Gasteiger partial charge in [0.05, 0.1) is 11.6 Å². The van der Waals surface area contributed by atoms with Gasteiger partial charge in [-0.2, -0.15) is 12.7 Å². The minimum absolute atomic E-state index is 0.123. The normalized spacial score (nSPS) is 24.0. The summed E-state index contributed by atoms with van der Waals surface area (Å²) < 4.78 is 34.3. The average molecular weight is 366 g/mol. The van der Waals surface area contributed by atoms with Crippen LogP contribution in [0.5, 0.6) is 0 Å². The number of nitrogens with zero attached hydrogens (tertiary/aromatic N) is 2. The number of nitrogens with two attached hydrogens (primary N) is 1. The fraction of sp³-hybridized carbons (Fsp3) is 0.500. The Bertz CT molecular complexity index is 744. The van der Waals surface area contributed by atoms with Crippen molar-refractivity contribution in [3.63, 3.8) is 0 Å². The number of aliphatic hydroxyl groups is 1. The Hall–Kier alpha value is -1.64. The molecule has 1 amide bonds. The van der Waals surface area contributed by atoms with E-state index in [1.165, 1.54) is 19.2 Å². The monoisotopic (exact) mass is 366 g/mol. The molecule has 0 radical (unpaired) electrons. The van der Waals surface area contributed by atoms with E-state index in [0.717, 1.165) is 11.3 Å². The van der Waals surface area contributed by atoms with Gasteiger partial charge in [-0.1, -0.05) is 0 Å². The third-order valence-corrected chi connectivity index (χ3v) is 4.31. The van der Waals surface area contributed by atoms with Gasteiger partial charge < -0.3 is 16.2 Å². The van der Waals surface area contributed by atoms with Gasteiger partial charge in [0.2, 0.25) is 0 Å². The predicted octanol–water partition coefficient (Wildman–Crippen LogP) is -1.46. The first kappa shape index (κ1) is 17.7. The molecule has 128 valence electrons. The van der Waals surface area contributed by atoms with Crippen molar-refractivity contribution in [1.82, 2.24) is 15.4 Å². The first-order valence-electron chi connectivity index (χ1n) is 6.14. The largest absolute Gasteiger partial charge is 0.413 e. The van der Waals surface area contributed by atoms with Gasteiger partial charge in [0.1, 0.15) is 5.69 Å². The van der Waals surface area contributed by atoms with Crippen LogP contribution >= 0.6 is 11.3 Å². The summed E-state index contributed by atoms with van der Waals surface area (Å²) in [5.41, 5.74) is 4.04. The summed E-state index contributed by atoms with van der Waals surface area (Å²) in [5, 5.41) is 14.1. The van der Waals surface area contributed by atoms with Crippen LogP contribution in [0.2, 0.25) is 0 Å². The molecule has 23 heavy (non-hydrogen) atoms. The highest BCUT2D eigenvalue weighted by Gasteiger charge is 2.58. The van der Waals surface area contributed by atoms with E-state index in [9.17, 15) is 23.1 Å². The van der Waals surface area contributed by atoms with Crippen LogP contribution in [0.4, 0.5) is 5.13 Å². The predicted molar refractivity (Wildman–Crippen MR) is 77.3 cm³/mol. The zero-order valence-electron chi connectivity index (χ0n) is 12.0. The second-order valence-electron chi connectivity index (χ2n) is 5.25. The molecule has 0 aliphatic carbocycles. The minimum atomic E-state index is -4.83. The van der Waals surface area contributed by atoms with E-state index in [0.29, 0.717) is 5.06 Å². The van der Waals surface area contributed by atoms with Gasteiger partial charge in [0.25, 0.3) is 11.7 Å². The van der Waals surface area contributed by atoms with E-state index in [4.69, 9.17) is 10.3 Å². The first-order chi connectivity index (χ1) is 10.4. The lowest BCUT2D eigenvalue weighted by atomic mass is 9.83. The number of hydroxylamine groups is 2. The number of Topliss-reactive ketones (excluding diaryl/α,β-unsaturated/α-hetero) is 1. The number of carbonyl (C=O) groups is 2. The lowest BCUT2D eigenvalue weighted by Crippen LogP contribution is -2.79. The summed E-state index contributed by atoms with van der Waals surface area (Å²) >= 11 is 0.990. The second-order valence-corrected chi connectivity index (χ2v) is 7.14. The number of carbonyl (C=O) groups excluding carboxylic acids is 2. The topological polar surface area (TPSA) is 172 Å². The third-order valence-electron chi connectivity index (χ3n) is 3.29. The van der Waals surface area contributed by atoms with Crippen LogP contribution in [0.3, 0.4) is 0 Å². The molecule has 1 saturated heterocycles. The molecule has 0 spiro atoms. The number of nitrogens with one attached hydrogen (secondary N) is 1. The Balaban J connectivity index is 2.06. The highest BCUT2D eigenvalue weighted by molar-refractivity contribution is 7.80. The van der Waals surface area contributed by atoms with Gasteiger partial charge in [0.15, 0.2) is 11.4 Å². The molecule has 2 atom stereocenters. The fourth-order valence-corrected chi connectivity index (χ4v) is 3.13. The van der Waals surface area contributed by atoms with E-state index in [-0.39, 0.29) is 10.8 Å². The molecule has 2 heterocycles. The summed E-state index contributed by atoms with van der Waals surface area (Å²) in [7, 11) is -4.83. The Morgan fingerprint density at radius 2 is 2.13 bits per heavy atom. The Kier molecular flexibility index (Phi) is 4.44. The van der Waals surface area contributed by atoms with Crippen LogP contribution in [0.25, 0.3) is 0 Å². The molecule has 1 aliphatic heterocycles. The summed E-state index contributed by atoms with van der Waals surface area (Å²) in [6, 6.07) is -1.02. The van der Waals surface area contributed by atoms with Gasteiger partial charge in [-0.25, -0.2) is 4.98 Å². The van der Waals surface area contributed by atoms with Crippen LogP contribution in [-0.4, -0.2) is 57.6 Å². The number of ketones is 1. The molecule has 11 nitrogen and oxygen atoms in total. The Morgan fingerprint density at radius 3 is 2.57 bits per heavy atom. The van der Waals surface area contributed by atoms with Crippen molar-refractivity contribution in [2.24, 2.45) is 0 Å². The number of thiazole rings is 1. The molecule has 5 N–H and O–H groups in total. The number of anilines is 1. The van der Waals surface area contributed by atoms with E-state index >= 15 is 0 Å². The van der Waals surface area contributed by atoms with Crippen LogP contribution in [-0.2, 0) is 19.5 Å². The smallest absolute Gasteiger partial charge is 0.375 e. The molecule has 1 fully saturated rings. The van der Waals surface area contributed by atoms with Crippen molar-refractivity contribution in [2.75, 3.05) is 5.73 Å². The molecule has 1 aromatic rings. The van der Waals surface area contributed by atoms with Crippen molar-refractivity contribution >= 4 is 38.6 Å². The molecule has 0 saturated carbocycles. The zero-order chi connectivity index (χ0) is 17.6. The molecular weight excluding hydrogens is 352 g/mol. The van der Waals surface area contributed by atoms with Crippen molar-refractivity contribution in [3.8, 4) is 0 Å². The number of aromatic nitrogens is 1. The molecule has 1 aromatic heterocycles. The fourth-order valence-electron chi connectivity index (χ4n) is 2.10. The van der Waals surface area contributed by atoms with Crippen LogP contribution in [0, 0.1) is 0 Å². The SMILES string of the molecule is CC1(C)[C@H](NC(=O)C(=O)c2csc(N)n2)C(O)N1OS(=O)(=O)O. The van der Waals surface area contributed by atoms with Crippen LogP contribution in [0.1, 0.15) is 24.3 Å². The number of amides is 1. The molecule has 13 heteroatoms. The van der Waals surface area contributed by atoms with E-state index in [1.54, 1.807) is 0 Å². The van der Waals surface area contributed by atoms with Crippen molar-refractivity contribution < 1.29 is 31.9 Å². The second kappa shape index (κ2) is 5.77. The summed E-state index contributed by atoms with van der Waals surface area (Å²) in [4.78, 5) is 27.5. The average Bonchev–Trinajstić information content (AvgIpc) is 2.86. The highest BCUT2D eigenvalue weighted by Crippen LogP contribution is 2.36. The number of hydrogen-bond acceptors (Lipinski definition) is 10. The maximum atomic E-state index is 11.9. The number of hydrogen-bond donors (Lipinski definition) is 4.